The van der Waals surface area contributed by atoms with Crippen molar-refractivity contribution in [3.63, 3.8) is 0 Å². The summed E-state index contributed by atoms with van der Waals surface area (Å²) in [5, 5.41) is 20.1. The second kappa shape index (κ2) is 4.87. The van der Waals surface area contributed by atoms with Crippen LogP contribution >= 0.6 is 0 Å². The summed E-state index contributed by atoms with van der Waals surface area (Å²) >= 11 is 0. The standard InChI is InChI=1S/C11H12FNO5/c1-17-11-8(14)5-10(11)18-9-3-2-6(12)4-7(9)13(15)16/h2-4,8,10-11,14H,5H2,1H3. The Kier molecular flexibility index (Phi) is 3.44. The predicted octanol–water partition coefficient (Wildman–Crippen LogP) is 1.26. The van der Waals surface area contributed by atoms with Gasteiger partial charge in [0.25, 0.3) is 0 Å². The van der Waals surface area contributed by atoms with Crippen LogP contribution in [0.3, 0.4) is 0 Å². The van der Waals surface area contributed by atoms with E-state index >= 15 is 0 Å². The van der Waals surface area contributed by atoms with Crippen LogP contribution in [-0.2, 0) is 4.74 Å². The summed E-state index contributed by atoms with van der Waals surface area (Å²) in [4.78, 5) is 10.0. The summed E-state index contributed by atoms with van der Waals surface area (Å²) < 4.78 is 23.3. The first-order valence-corrected chi connectivity index (χ1v) is 5.34. The molecule has 0 bridgehead atoms. The maximum atomic E-state index is 12.9. The molecule has 0 aromatic heterocycles. The van der Waals surface area contributed by atoms with Gasteiger partial charge in [-0.15, -0.1) is 0 Å². The average molecular weight is 257 g/mol. The maximum absolute atomic E-state index is 12.9. The minimum atomic E-state index is -0.713. The average Bonchev–Trinajstić information content (AvgIpc) is 2.30. The summed E-state index contributed by atoms with van der Waals surface area (Å²) in [6.07, 6.45) is -1.30. The molecule has 6 nitrogen and oxygen atoms in total. The molecule has 0 heterocycles. The molecule has 3 atom stereocenters. The van der Waals surface area contributed by atoms with Gasteiger partial charge >= 0.3 is 5.69 Å². The van der Waals surface area contributed by atoms with Gasteiger partial charge < -0.3 is 14.6 Å². The molecule has 2 rings (SSSR count). The number of nitro benzene ring substituents is 1. The van der Waals surface area contributed by atoms with Crippen LogP contribution < -0.4 is 4.74 Å². The van der Waals surface area contributed by atoms with E-state index < -0.39 is 34.7 Å². The summed E-state index contributed by atoms with van der Waals surface area (Å²) in [7, 11) is 1.42. The Morgan fingerprint density at radius 3 is 2.83 bits per heavy atom. The Balaban J connectivity index is 2.17. The van der Waals surface area contributed by atoms with Gasteiger partial charge in [-0.2, -0.15) is 0 Å². The van der Waals surface area contributed by atoms with Crippen LogP contribution in [0.4, 0.5) is 10.1 Å². The van der Waals surface area contributed by atoms with Crippen molar-refractivity contribution in [1.29, 1.82) is 0 Å². The Hall–Kier alpha value is -1.73. The van der Waals surface area contributed by atoms with Crippen LogP contribution in [-0.4, -0.2) is 35.5 Å². The quantitative estimate of drug-likeness (QED) is 0.648. The monoisotopic (exact) mass is 257 g/mol. The number of nitrogens with zero attached hydrogens (tertiary/aromatic N) is 1. The van der Waals surface area contributed by atoms with Crippen molar-refractivity contribution in [3.8, 4) is 5.75 Å². The largest absolute Gasteiger partial charge is 0.481 e. The predicted molar refractivity (Wildman–Crippen MR) is 58.9 cm³/mol. The van der Waals surface area contributed by atoms with E-state index in [2.05, 4.69) is 0 Å². The molecule has 1 aliphatic carbocycles. The molecule has 3 unspecified atom stereocenters. The molecule has 0 saturated heterocycles. The highest BCUT2D eigenvalue weighted by Crippen LogP contribution is 2.33. The highest BCUT2D eigenvalue weighted by molar-refractivity contribution is 5.46. The van der Waals surface area contributed by atoms with Crippen molar-refractivity contribution < 1.29 is 23.9 Å². The second-order valence-corrected chi connectivity index (χ2v) is 4.03. The molecule has 1 fully saturated rings. The van der Waals surface area contributed by atoms with E-state index in [1.807, 2.05) is 0 Å². The number of hydrogen-bond donors (Lipinski definition) is 1. The minimum Gasteiger partial charge on any atom is -0.481 e. The van der Waals surface area contributed by atoms with Gasteiger partial charge in [0.05, 0.1) is 17.1 Å². The molecule has 98 valence electrons. The fourth-order valence-corrected chi connectivity index (χ4v) is 1.88. The van der Waals surface area contributed by atoms with Crippen LogP contribution in [0.5, 0.6) is 5.75 Å². The molecule has 1 aromatic rings. The maximum Gasteiger partial charge on any atom is 0.313 e. The molecule has 0 radical (unpaired) electrons. The van der Waals surface area contributed by atoms with Crippen LogP contribution in [0.1, 0.15) is 6.42 Å². The molecule has 7 heteroatoms. The van der Waals surface area contributed by atoms with Crippen molar-refractivity contribution in [2.75, 3.05) is 7.11 Å². The third-order valence-electron chi connectivity index (χ3n) is 2.89. The van der Waals surface area contributed by atoms with E-state index in [0.717, 1.165) is 12.1 Å². The SMILES string of the molecule is COC1C(O)CC1Oc1ccc(F)cc1[N+](=O)[O-]. The molecule has 0 spiro atoms. The number of halogens is 1. The molecule has 0 amide bonds. The zero-order valence-electron chi connectivity index (χ0n) is 9.58. The number of ether oxygens (including phenoxy) is 2. The van der Waals surface area contributed by atoms with E-state index in [0.29, 0.717) is 6.42 Å². The van der Waals surface area contributed by atoms with E-state index in [1.54, 1.807) is 0 Å². The number of benzene rings is 1. The first kappa shape index (κ1) is 12.7. The highest BCUT2D eigenvalue weighted by atomic mass is 19.1. The third kappa shape index (κ3) is 2.27. The normalized spacial score (nSPS) is 26.5. The number of hydrogen-bond acceptors (Lipinski definition) is 5. The van der Waals surface area contributed by atoms with Crippen molar-refractivity contribution in [2.45, 2.75) is 24.7 Å². The van der Waals surface area contributed by atoms with E-state index in [-0.39, 0.29) is 5.75 Å². The molecular formula is C11H12FNO5. The number of aliphatic hydroxyl groups is 1. The zero-order valence-corrected chi connectivity index (χ0v) is 9.58. The van der Waals surface area contributed by atoms with Crippen LogP contribution in [0.15, 0.2) is 18.2 Å². The Morgan fingerprint density at radius 2 is 2.28 bits per heavy atom. The Labute approximate surface area is 102 Å². The van der Waals surface area contributed by atoms with E-state index in [4.69, 9.17) is 9.47 Å². The summed E-state index contributed by atoms with van der Waals surface area (Å²) in [6.45, 7) is 0. The van der Waals surface area contributed by atoms with Gasteiger partial charge in [0.15, 0.2) is 5.75 Å². The molecule has 1 aliphatic rings. The molecular weight excluding hydrogens is 245 g/mol. The van der Waals surface area contributed by atoms with Crippen LogP contribution in [0, 0.1) is 15.9 Å². The summed E-state index contributed by atoms with van der Waals surface area (Å²) in [5.74, 6) is -0.730. The van der Waals surface area contributed by atoms with Gasteiger partial charge in [0.2, 0.25) is 0 Å². The van der Waals surface area contributed by atoms with Crippen molar-refractivity contribution in [2.24, 2.45) is 0 Å². The van der Waals surface area contributed by atoms with Crippen LogP contribution in [0.25, 0.3) is 0 Å². The lowest BCUT2D eigenvalue weighted by molar-refractivity contribution is -0.386. The van der Waals surface area contributed by atoms with Gasteiger partial charge in [0, 0.05) is 13.5 Å². The summed E-state index contributed by atoms with van der Waals surface area (Å²) in [6, 6.07) is 3.08. The lowest BCUT2D eigenvalue weighted by Gasteiger charge is -2.39. The molecule has 1 N–H and O–H groups in total. The zero-order chi connectivity index (χ0) is 13.3. The minimum absolute atomic E-state index is 0.0275. The van der Waals surface area contributed by atoms with Gasteiger partial charge in [-0.3, -0.25) is 10.1 Å². The lowest BCUT2D eigenvalue weighted by atomic mass is 9.88. The van der Waals surface area contributed by atoms with Crippen molar-refractivity contribution in [3.05, 3.63) is 34.1 Å². The Bertz CT molecular complexity index is 467. The number of methoxy groups -OCH3 is 1. The topological polar surface area (TPSA) is 81.8 Å². The van der Waals surface area contributed by atoms with Crippen molar-refractivity contribution >= 4 is 5.69 Å². The summed E-state index contributed by atoms with van der Waals surface area (Å²) in [5.41, 5.74) is -0.439. The number of aliphatic hydroxyl groups excluding tert-OH is 1. The van der Waals surface area contributed by atoms with E-state index in [1.165, 1.54) is 13.2 Å². The first-order chi connectivity index (χ1) is 8.52. The number of rotatable bonds is 4. The fourth-order valence-electron chi connectivity index (χ4n) is 1.88. The first-order valence-electron chi connectivity index (χ1n) is 5.34. The molecule has 1 aromatic carbocycles. The van der Waals surface area contributed by atoms with Gasteiger partial charge in [0.1, 0.15) is 18.0 Å². The molecule has 0 aliphatic heterocycles. The van der Waals surface area contributed by atoms with E-state index in [9.17, 15) is 19.6 Å². The van der Waals surface area contributed by atoms with Gasteiger partial charge in [-0.25, -0.2) is 4.39 Å². The smallest absolute Gasteiger partial charge is 0.313 e. The van der Waals surface area contributed by atoms with Gasteiger partial charge in [-0.05, 0) is 12.1 Å². The fraction of sp³-hybridized carbons (Fsp3) is 0.455. The van der Waals surface area contributed by atoms with Crippen molar-refractivity contribution in [1.82, 2.24) is 0 Å². The number of nitro groups is 1. The third-order valence-corrected chi connectivity index (χ3v) is 2.89. The lowest BCUT2D eigenvalue weighted by Crippen LogP contribution is -2.54. The second-order valence-electron chi connectivity index (χ2n) is 4.03. The molecule has 1 saturated carbocycles. The molecule has 18 heavy (non-hydrogen) atoms. The Morgan fingerprint density at radius 1 is 1.56 bits per heavy atom. The highest BCUT2D eigenvalue weighted by Gasteiger charge is 2.43. The van der Waals surface area contributed by atoms with Crippen LogP contribution in [0.2, 0.25) is 0 Å². The van der Waals surface area contributed by atoms with Gasteiger partial charge in [-0.1, -0.05) is 0 Å².